The van der Waals surface area contributed by atoms with Crippen LogP contribution in [0.2, 0.25) is 0 Å². The number of fused-ring (bicyclic) bond motifs is 9. The van der Waals surface area contributed by atoms with Crippen molar-refractivity contribution >= 4 is 64.8 Å². The molecule has 1 aromatic heterocycles. The Bertz CT molecular complexity index is 2980. The molecule has 11 rings (SSSR count). The number of nitrogens with zero attached hydrogens (tertiary/aromatic N) is 1. The summed E-state index contributed by atoms with van der Waals surface area (Å²) in [5.74, 6) is 0. The molecular weight excluding hydrogens is 591 g/mol. The largest absolute Gasteiger partial charge is 0.247 e. The third-order valence-corrected chi connectivity index (χ3v) is 11.4. The van der Waals surface area contributed by atoms with E-state index in [4.69, 9.17) is 4.98 Å². The summed E-state index contributed by atoms with van der Waals surface area (Å²) < 4.78 is 0. The lowest BCUT2D eigenvalue weighted by atomic mass is 9.81. The Kier molecular flexibility index (Phi) is 5.24. The van der Waals surface area contributed by atoms with Gasteiger partial charge < -0.3 is 0 Å². The first-order valence-corrected chi connectivity index (χ1v) is 17.2. The van der Waals surface area contributed by atoms with E-state index in [2.05, 4.69) is 166 Å². The highest BCUT2D eigenvalue weighted by Gasteiger charge is 2.37. The third kappa shape index (κ3) is 3.62. The molecule has 0 spiro atoms. The Hall–Kier alpha value is -6.05. The van der Waals surface area contributed by atoms with Crippen molar-refractivity contribution in [3.63, 3.8) is 0 Å². The molecule has 1 heterocycles. The van der Waals surface area contributed by atoms with Crippen LogP contribution < -0.4 is 0 Å². The highest BCUT2D eigenvalue weighted by molar-refractivity contribution is 6.26. The lowest BCUT2D eigenvalue weighted by Gasteiger charge is -2.22. The van der Waals surface area contributed by atoms with Crippen LogP contribution in [0.4, 0.5) is 0 Å². The van der Waals surface area contributed by atoms with Crippen LogP contribution in [0.5, 0.6) is 0 Å². The van der Waals surface area contributed by atoms with Gasteiger partial charge in [0.05, 0.1) is 11.2 Å². The average molecular weight is 622 g/mol. The Morgan fingerprint density at radius 2 is 0.959 bits per heavy atom. The molecule has 0 saturated carbocycles. The fourth-order valence-electron chi connectivity index (χ4n) is 8.90. The molecule has 0 bridgehead atoms. The van der Waals surface area contributed by atoms with Crippen molar-refractivity contribution in [3.05, 3.63) is 163 Å². The van der Waals surface area contributed by atoms with Crippen molar-refractivity contribution in [2.24, 2.45) is 0 Å². The topological polar surface area (TPSA) is 12.9 Å². The quantitative estimate of drug-likeness (QED) is 0.175. The molecule has 0 unspecified atom stereocenters. The van der Waals surface area contributed by atoms with Crippen LogP contribution in [-0.2, 0) is 5.41 Å². The molecule has 228 valence electrons. The van der Waals surface area contributed by atoms with E-state index in [0.717, 1.165) is 11.2 Å². The highest BCUT2D eigenvalue weighted by Crippen LogP contribution is 2.51. The van der Waals surface area contributed by atoms with Gasteiger partial charge in [0.25, 0.3) is 0 Å². The van der Waals surface area contributed by atoms with Crippen LogP contribution in [0.1, 0.15) is 25.0 Å². The maximum atomic E-state index is 5.47. The second-order valence-corrected chi connectivity index (χ2v) is 14.3. The van der Waals surface area contributed by atoms with Crippen LogP contribution in [-0.4, -0.2) is 4.98 Å². The summed E-state index contributed by atoms with van der Waals surface area (Å²) in [7, 11) is 0. The van der Waals surface area contributed by atoms with Crippen molar-refractivity contribution < 1.29 is 0 Å². The minimum atomic E-state index is -0.170. The molecule has 0 fully saturated rings. The van der Waals surface area contributed by atoms with E-state index in [-0.39, 0.29) is 5.41 Å². The zero-order chi connectivity index (χ0) is 32.4. The zero-order valence-corrected chi connectivity index (χ0v) is 27.4. The molecular formula is C48H31N. The van der Waals surface area contributed by atoms with Gasteiger partial charge in [0.15, 0.2) is 0 Å². The van der Waals surface area contributed by atoms with Gasteiger partial charge in [-0.15, -0.1) is 0 Å². The van der Waals surface area contributed by atoms with E-state index in [1.807, 2.05) is 0 Å². The van der Waals surface area contributed by atoms with Crippen molar-refractivity contribution in [2.75, 3.05) is 0 Å². The van der Waals surface area contributed by atoms with Crippen molar-refractivity contribution in [2.45, 2.75) is 19.3 Å². The molecule has 0 atom stereocenters. The van der Waals surface area contributed by atoms with E-state index in [1.54, 1.807) is 0 Å². The molecule has 49 heavy (non-hydrogen) atoms. The van der Waals surface area contributed by atoms with Gasteiger partial charge in [-0.2, -0.15) is 0 Å². The molecule has 0 amide bonds. The fourth-order valence-corrected chi connectivity index (χ4v) is 8.90. The molecule has 1 aliphatic rings. The zero-order valence-electron chi connectivity index (χ0n) is 27.4. The van der Waals surface area contributed by atoms with Crippen LogP contribution in [0.15, 0.2) is 152 Å². The molecule has 1 aliphatic carbocycles. The first-order chi connectivity index (χ1) is 24.0. The lowest BCUT2D eigenvalue weighted by Crippen LogP contribution is -2.15. The Balaban J connectivity index is 1.03. The molecule has 9 aromatic carbocycles. The van der Waals surface area contributed by atoms with Crippen molar-refractivity contribution in [1.82, 2.24) is 4.98 Å². The maximum absolute atomic E-state index is 5.47. The summed E-state index contributed by atoms with van der Waals surface area (Å²) in [4.78, 5) is 5.47. The number of rotatable bonds is 2. The van der Waals surface area contributed by atoms with E-state index >= 15 is 0 Å². The standard InChI is InChI=1S/C48H31N/c1-48(2)42-26-33(22-25-40(42)47-43(48)27-41-37-12-4-3-10-35(37)36-11-5-6-13-39(36)46(41)49-47)28-14-16-29(17-15-28)34-23-20-32-19-18-30-8-7-9-31-21-24-38(34)45(32)44(30)31/h3-27H,1-2H3. The van der Waals surface area contributed by atoms with Gasteiger partial charge in [0, 0.05) is 21.8 Å². The molecule has 0 aliphatic heterocycles. The molecule has 0 N–H and O–H groups in total. The monoisotopic (exact) mass is 621 g/mol. The SMILES string of the molecule is CC1(C)c2cc(-c3ccc(-c4ccc5ccc6cccc7ccc4c5c67)cc3)ccc2-c2nc3c4ccccc4c4ccccc4c3cc21. The molecule has 0 saturated heterocycles. The van der Waals surface area contributed by atoms with E-state index in [1.165, 1.54) is 98.2 Å². The number of hydrogen-bond donors (Lipinski definition) is 0. The van der Waals surface area contributed by atoms with Gasteiger partial charge in [0.1, 0.15) is 0 Å². The minimum absolute atomic E-state index is 0.170. The maximum Gasteiger partial charge on any atom is 0.0794 e. The summed E-state index contributed by atoms with van der Waals surface area (Å²) in [5, 5.41) is 14.2. The summed E-state index contributed by atoms with van der Waals surface area (Å²) in [6, 6.07) is 56.3. The molecule has 1 heteroatoms. The van der Waals surface area contributed by atoms with Gasteiger partial charge in [-0.3, -0.25) is 0 Å². The number of benzene rings is 9. The van der Waals surface area contributed by atoms with Crippen LogP contribution in [0.3, 0.4) is 0 Å². The first kappa shape index (κ1) is 27.0. The highest BCUT2D eigenvalue weighted by atomic mass is 14.7. The van der Waals surface area contributed by atoms with Crippen molar-refractivity contribution in [1.29, 1.82) is 0 Å². The summed E-state index contributed by atoms with van der Waals surface area (Å²) >= 11 is 0. The van der Waals surface area contributed by atoms with Gasteiger partial charge in [-0.25, -0.2) is 4.98 Å². The number of hydrogen-bond acceptors (Lipinski definition) is 1. The Morgan fingerprint density at radius 1 is 0.388 bits per heavy atom. The minimum Gasteiger partial charge on any atom is -0.247 e. The average Bonchev–Trinajstić information content (AvgIpc) is 3.38. The molecule has 1 nitrogen and oxygen atoms in total. The molecule has 10 aromatic rings. The first-order valence-electron chi connectivity index (χ1n) is 17.2. The lowest BCUT2D eigenvalue weighted by molar-refractivity contribution is 0.660. The van der Waals surface area contributed by atoms with Crippen LogP contribution in [0.25, 0.3) is 98.3 Å². The predicted octanol–water partition coefficient (Wildman–Crippen LogP) is 13.1. The Morgan fingerprint density at radius 3 is 1.71 bits per heavy atom. The third-order valence-electron chi connectivity index (χ3n) is 11.4. The van der Waals surface area contributed by atoms with Gasteiger partial charge in [-0.1, -0.05) is 153 Å². The van der Waals surface area contributed by atoms with Crippen LogP contribution in [0, 0.1) is 0 Å². The van der Waals surface area contributed by atoms with E-state index in [0.29, 0.717) is 0 Å². The fraction of sp³-hybridized carbons (Fsp3) is 0.0625. The summed E-state index contributed by atoms with van der Waals surface area (Å²) in [5.41, 5.74) is 10.9. The van der Waals surface area contributed by atoms with Gasteiger partial charge in [-0.05, 0) is 94.0 Å². The normalized spacial score (nSPS) is 13.7. The van der Waals surface area contributed by atoms with E-state index in [9.17, 15) is 0 Å². The van der Waals surface area contributed by atoms with Gasteiger partial charge in [0.2, 0.25) is 0 Å². The van der Waals surface area contributed by atoms with E-state index < -0.39 is 0 Å². The van der Waals surface area contributed by atoms with Gasteiger partial charge >= 0.3 is 0 Å². The summed E-state index contributed by atoms with van der Waals surface area (Å²) in [6.45, 7) is 4.71. The molecule has 0 radical (unpaired) electrons. The number of aromatic nitrogens is 1. The second-order valence-electron chi connectivity index (χ2n) is 14.3. The van der Waals surface area contributed by atoms with Crippen molar-refractivity contribution in [3.8, 4) is 33.5 Å². The summed E-state index contributed by atoms with van der Waals surface area (Å²) in [6.07, 6.45) is 0. The smallest absolute Gasteiger partial charge is 0.0794 e. The number of pyridine rings is 1. The second kappa shape index (κ2) is 9.52. The van der Waals surface area contributed by atoms with Crippen LogP contribution >= 0.6 is 0 Å². The predicted molar refractivity (Wildman–Crippen MR) is 209 cm³/mol. The Labute approximate surface area is 284 Å².